The zero-order chi connectivity index (χ0) is 52.8. The Morgan fingerprint density at radius 2 is 1.21 bits per heavy atom. The van der Waals surface area contributed by atoms with Crippen LogP contribution in [0.25, 0.3) is 32.7 Å². The lowest BCUT2D eigenvalue weighted by Crippen LogP contribution is -2.56. The third-order valence-corrected chi connectivity index (χ3v) is 11.7. The molecule has 0 radical (unpaired) electrons. The lowest BCUT2D eigenvalue weighted by Gasteiger charge is -2.25. The second-order valence-corrected chi connectivity index (χ2v) is 19.1. The molecule has 0 aliphatic rings. The Kier molecular flexibility index (Phi) is 26.4. The normalized spacial score (nSPS) is 12.4. The van der Waals surface area contributed by atoms with Crippen molar-refractivity contribution in [2.24, 2.45) is 16.6 Å². The molecule has 0 aromatic heterocycles. The van der Waals surface area contributed by atoms with Gasteiger partial charge < -0.3 is 51.3 Å². The summed E-state index contributed by atoms with van der Waals surface area (Å²) >= 11 is 0. The smallest absolute Gasteiger partial charge is 0.407 e. The van der Waals surface area contributed by atoms with Gasteiger partial charge in [0, 0.05) is 31.3 Å². The van der Waals surface area contributed by atoms with Crippen LogP contribution in [0.15, 0.2) is 121 Å². The summed E-state index contributed by atoms with van der Waals surface area (Å²) in [5, 5.41) is 18.0. The molecule has 3 atom stereocenters. The molecule has 406 valence electrons. The number of hydrogen-bond acceptors (Lipinski definition) is 10. The van der Waals surface area contributed by atoms with Crippen molar-refractivity contribution in [2.45, 2.75) is 110 Å². The van der Waals surface area contributed by atoms with E-state index >= 15 is 0 Å². The first kappa shape index (κ1) is 62.4. The number of guanidine groups is 1. The predicted octanol–water partition coefficient (Wildman–Crippen LogP) is 8.47. The van der Waals surface area contributed by atoms with Gasteiger partial charge in [0.15, 0.2) is 12.6 Å². The van der Waals surface area contributed by atoms with Crippen molar-refractivity contribution in [3.63, 3.8) is 0 Å². The Bertz CT molecular complexity index is 2680. The Balaban J connectivity index is 0.00000741. The fourth-order valence-electron chi connectivity index (χ4n) is 7.92. The average Bonchev–Trinajstić information content (AvgIpc) is 3.36. The van der Waals surface area contributed by atoms with E-state index in [-0.39, 0.29) is 65.4 Å². The number of alkyl carbamates (subject to hydrolysis) is 1. The van der Waals surface area contributed by atoms with E-state index < -0.39 is 60.1 Å². The molecule has 0 fully saturated rings. The minimum atomic E-state index is -1.16. The summed E-state index contributed by atoms with van der Waals surface area (Å²) in [4.78, 5) is 72.3. The van der Waals surface area contributed by atoms with Crippen molar-refractivity contribution in [2.75, 3.05) is 33.4 Å². The number of fused-ring (bicyclic) bond motifs is 2. The van der Waals surface area contributed by atoms with Gasteiger partial charge in [-0.25, -0.2) is 9.59 Å². The number of aliphatic imine (C=N–C) groups is 1. The second kappa shape index (κ2) is 31.7. The van der Waals surface area contributed by atoms with E-state index in [1.54, 1.807) is 20.8 Å². The fourth-order valence-corrected chi connectivity index (χ4v) is 7.92. The highest BCUT2D eigenvalue weighted by Crippen LogP contribution is 2.45. The molecule has 18 heteroatoms. The van der Waals surface area contributed by atoms with Crippen molar-refractivity contribution in [3.05, 3.63) is 121 Å². The monoisotopic (exact) mass is 1070 g/mol. The summed E-state index contributed by atoms with van der Waals surface area (Å²) in [5.74, 6) is -0.813. The first-order valence-corrected chi connectivity index (χ1v) is 25.0. The summed E-state index contributed by atoms with van der Waals surface area (Å²) in [6.07, 6.45) is 3.26. The van der Waals surface area contributed by atoms with Gasteiger partial charge in [0.25, 0.3) is 5.91 Å². The lowest BCUT2D eigenvalue weighted by atomic mass is 9.92. The van der Waals surface area contributed by atoms with Gasteiger partial charge in [-0.05, 0) is 111 Å². The quantitative estimate of drug-likeness (QED) is 0.00963. The third kappa shape index (κ3) is 20.4. The molecule has 0 spiro atoms. The number of unbranched alkanes of at least 4 members (excludes halogenated alkanes) is 1. The number of benzene rings is 5. The number of carbonyl (C=O) groups excluding carboxylic acids is 5. The Morgan fingerprint density at radius 3 is 1.80 bits per heavy atom. The fraction of sp³-hybridized carbons (Fsp3) is 0.404. The maximum absolute atomic E-state index is 14.5. The molecule has 0 bridgehead atoms. The van der Waals surface area contributed by atoms with Gasteiger partial charge in [-0.3, -0.25) is 19.4 Å². The molecule has 5 rings (SSSR count). The van der Waals surface area contributed by atoms with Gasteiger partial charge in [-0.2, -0.15) is 27.0 Å². The number of nitrogens with one attached hydrogen (secondary N) is 5. The van der Waals surface area contributed by atoms with Gasteiger partial charge in [0.1, 0.15) is 41.8 Å². The van der Waals surface area contributed by atoms with Crippen molar-refractivity contribution >= 4 is 84.3 Å². The van der Waals surface area contributed by atoms with Crippen LogP contribution in [-0.2, 0) is 35.3 Å². The van der Waals surface area contributed by atoms with Crippen LogP contribution in [0.1, 0.15) is 85.1 Å². The number of hydrogen-bond donors (Lipinski definition) is 6. The molecule has 0 unspecified atom stereocenters. The van der Waals surface area contributed by atoms with Gasteiger partial charge in [0.05, 0.1) is 6.61 Å². The summed E-state index contributed by atoms with van der Waals surface area (Å²) in [6.45, 7) is 14.0. The molecule has 5 aromatic rings. The highest BCUT2D eigenvalue weighted by molar-refractivity contribution is 7.59. The van der Waals surface area contributed by atoms with Crippen LogP contribution in [0.4, 0.5) is 4.79 Å². The van der Waals surface area contributed by atoms with E-state index in [9.17, 15) is 24.0 Å². The van der Waals surface area contributed by atoms with Crippen molar-refractivity contribution < 1.29 is 42.9 Å². The van der Waals surface area contributed by atoms with Gasteiger partial charge >= 0.3 is 12.1 Å². The van der Waals surface area contributed by atoms with Crippen LogP contribution in [0.3, 0.4) is 0 Å². The highest BCUT2D eigenvalue weighted by atomic mass is 32.1. The third-order valence-electron chi connectivity index (χ3n) is 11.7. The maximum Gasteiger partial charge on any atom is 0.407 e. The van der Waals surface area contributed by atoms with E-state index in [0.29, 0.717) is 49.8 Å². The molecule has 4 amide bonds. The molecule has 5 aromatic carbocycles. The van der Waals surface area contributed by atoms with Crippen molar-refractivity contribution in [1.29, 1.82) is 0 Å². The number of rotatable bonds is 27. The topological polar surface area (TPSA) is 221 Å². The molecule has 0 heterocycles. The van der Waals surface area contributed by atoms with Crippen LogP contribution in [0.2, 0.25) is 0 Å². The molecule has 0 aliphatic heterocycles. The molecule has 16 nitrogen and oxygen atoms in total. The number of nitrogens with two attached hydrogens (primary N) is 1. The molecular formula is C57H77N7O9S2. The van der Waals surface area contributed by atoms with Crippen LogP contribution in [0, 0.1) is 5.92 Å². The van der Waals surface area contributed by atoms with Gasteiger partial charge in [-0.15, -0.1) is 6.58 Å². The van der Waals surface area contributed by atoms with Crippen LogP contribution in [-0.4, -0.2) is 92.8 Å². The van der Waals surface area contributed by atoms with E-state index in [0.717, 1.165) is 44.7 Å². The molecule has 75 heavy (non-hydrogen) atoms. The van der Waals surface area contributed by atoms with Crippen LogP contribution >= 0.6 is 27.0 Å². The van der Waals surface area contributed by atoms with Crippen molar-refractivity contribution in [1.82, 2.24) is 26.6 Å². The largest absolute Gasteiger partial charge is 0.493 e. The molecule has 0 saturated heterocycles. The highest BCUT2D eigenvalue weighted by Gasteiger charge is 2.30. The minimum absolute atomic E-state index is 0. The van der Waals surface area contributed by atoms with Gasteiger partial charge in [0.2, 0.25) is 11.8 Å². The Morgan fingerprint density at radius 1 is 0.667 bits per heavy atom. The van der Waals surface area contributed by atoms with Crippen molar-refractivity contribution in [3.8, 4) is 22.6 Å². The predicted molar refractivity (Wildman–Crippen MR) is 308 cm³/mol. The molecule has 0 saturated carbocycles. The number of esters is 1. The van der Waals surface area contributed by atoms with E-state index in [1.807, 2.05) is 103 Å². The van der Waals surface area contributed by atoms with Gasteiger partial charge in [-0.1, -0.05) is 111 Å². The van der Waals surface area contributed by atoms with E-state index in [4.69, 9.17) is 24.7 Å². The van der Waals surface area contributed by atoms with E-state index in [2.05, 4.69) is 52.0 Å². The summed E-state index contributed by atoms with van der Waals surface area (Å²) in [7, 11) is 1.54. The Hall–Kier alpha value is -6.92. The van der Waals surface area contributed by atoms with E-state index in [1.165, 1.54) is 13.1 Å². The van der Waals surface area contributed by atoms with Crippen LogP contribution < -0.4 is 41.8 Å². The number of amides is 4. The molecule has 0 aliphatic carbocycles. The Labute approximate surface area is 455 Å². The molecular weight excluding hydrogens is 991 g/mol. The first-order valence-electron chi connectivity index (χ1n) is 25.0. The summed E-state index contributed by atoms with van der Waals surface area (Å²) in [5.41, 5.74) is 7.52. The number of carbonyl (C=O) groups is 5. The number of ether oxygens (including phenoxy) is 4. The average molecular weight is 1070 g/mol. The first-order chi connectivity index (χ1) is 35.1. The second-order valence-electron chi connectivity index (χ2n) is 19.1. The summed E-state index contributed by atoms with van der Waals surface area (Å²) in [6, 6.07) is 29.5. The molecule has 7 N–H and O–H groups in total. The van der Waals surface area contributed by atoms with Crippen LogP contribution in [0.5, 0.6) is 11.5 Å². The zero-order valence-corrected chi connectivity index (χ0v) is 46.1. The summed E-state index contributed by atoms with van der Waals surface area (Å²) < 4.78 is 23.9. The zero-order valence-electron chi connectivity index (χ0n) is 44.1. The number of nitrogens with zero attached hydrogens (tertiary/aromatic N) is 1. The maximum atomic E-state index is 14.5. The lowest BCUT2D eigenvalue weighted by molar-refractivity contribution is -0.149. The minimum Gasteiger partial charge on any atom is -0.493 e. The standard InChI is InChI=1S/C57H73N7O9.2H2S/c1-8-19-46(54(68)72-36-39-20-10-9-11-21-39)64-53(67)45(27-18-34-60-55(58)59-7)63-52(66)44(26-16-17-33-61-56(69)73-57(4,5)6)62-49(65)37-71-48-31-29-41-23-13-15-25-43(41)51(48)50-42-24-14-12-22-40(42)28-30-47(50)70-35-32-38(2)3;;/h8-15,20-25,28-31,38,44-46H,1,16-19,26-27,32-37H2,2-7H3,(H,61,69)(H,62,65)(H,63,66)(H,64,67)(H3,58,59,60);2*1H2/t44-,45-,46+;;/m1../s1. The SMILES string of the molecule is C=CC[C@H](NC(=O)[C@@H](CCCNC(N)=NC)NC(=O)[C@@H](CCCCNC(=O)OC(C)(C)C)NC(=O)COc1ccc2ccccc2c1-c1c(OCCC(C)C)ccc2ccccc12)C(=O)OCc1ccccc1.S.S.